The van der Waals surface area contributed by atoms with E-state index in [0.717, 1.165) is 36.8 Å². The summed E-state index contributed by atoms with van der Waals surface area (Å²) in [4.78, 5) is 41.6. The van der Waals surface area contributed by atoms with Crippen LogP contribution in [-0.4, -0.2) is 35.2 Å². The Morgan fingerprint density at radius 1 is 0.912 bits per heavy atom. The first kappa shape index (κ1) is 23.7. The van der Waals surface area contributed by atoms with Crippen molar-refractivity contribution in [3.05, 3.63) is 94.2 Å². The maximum absolute atomic E-state index is 13.6. The average molecular weight is 476 g/mol. The first-order valence-corrected chi connectivity index (χ1v) is 12.5. The molecular weight excluding hydrogens is 446 g/mol. The summed E-state index contributed by atoms with van der Waals surface area (Å²) in [7, 11) is 0. The van der Waals surface area contributed by atoms with Crippen LogP contribution in [0, 0.1) is 0 Å². The molecule has 176 valence electrons. The Hall–Kier alpha value is -3.45. The lowest BCUT2D eigenvalue weighted by molar-refractivity contribution is -0.141. The quantitative estimate of drug-likeness (QED) is 0.484. The monoisotopic (exact) mass is 475 g/mol. The number of hydrogen-bond donors (Lipinski definition) is 2. The number of rotatable bonds is 9. The lowest BCUT2D eigenvalue weighted by Gasteiger charge is -2.32. The van der Waals surface area contributed by atoms with E-state index in [2.05, 4.69) is 10.6 Å². The summed E-state index contributed by atoms with van der Waals surface area (Å²) in [5.41, 5.74) is 1.65. The second-order valence-corrected chi connectivity index (χ2v) is 9.42. The summed E-state index contributed by atoms with van der Waals surface area (Å²) in [5.74, 6) is -0.800. The van der Waals surface area contributed by atoms with Gasteiger partial charge in [-0.3, -0.25) is 14.4 Å². The summed E-state index contributed by atoms with van der Waals surface area (Å²) in [5, 5.41) is 7.70. The van der Waals surface area contributed by atoms with E-state index in [-0.39, 0.29) is 36.9 Å². The molecule has 1 aliphatic carbocycles. The average Bonchev–Trinajstić information content (AvgIpc) is 3.58. The van der Waals surface area contributed by atoms with Crippen LogP contribution in [0.4, 0.5) is 0 Å². The fourth-order valence-electron chi connectivity index (χ4n) is 4.31. The normalized spacial score (nSPS) is 14.4. The molecule has 0 spiro atoms. The molecule has 2 aromatic carbocycles. The molecule has 0 bridgehead atoms. The van der Waals surface area contributed by atoms with Gasteiger partial charge >= 0.3 is 0 Å². The van der Waals surface area contributed by atoms with Gasteiger partial charge in [-0.25, -0.2) is 0 Å². The van der Waals surface area contributed by atoms with Gasteiger partial charge < -0.3 is 15.5 Å². The highest BCUT2D eigenvalue weighted by molar-refractivity contribution is 7.12. The Balaban J connectivity index is 1.60. The molecule has 0 saturated heterocycles. The fraction of sp³-hybridized carbons (Fsp3) is 0.296. The van der Waals surface area contributed by atoms with E-state index < -0.39 is 6.04 Å². The van der Waals surface area contributed by atoms with Gasteiger partial charge in [0.05, 0.1) is 11.4 Å². The van der Waals surface area contributed by atoms with Crippen LogP contribution in [0.1, 0.15) is 52.5 Å². The number of hydrogen-bond acceptors (Lipinski definition) is 4. The largest absolute Gasteiger partial charge is 0.351 e. The molecule has 4 rings (SSSR count). The van der Waals surface area contributed by atoms with Gasteiger partial charge in [-0.15, -0.1) is 11.3 Å². The number of nitrogens with one attached hydrogen (secondary N) is 2. The van der Waals surface area contributed by atoms with Crippen molar-refractivity contribution in [1.82, 2.24) is 15.5 Å². The highest BCUT2D eigenvalue weighted by atomic mass is 32.1. The molecule has 1 aliphatic rings. The van der Waals surface area contributed by atoms with Crippen molar-refractivity contribution in [1.29, 1.82) is 0 Å². The molecule has 2 N–H and O–H groups in total. The lowest BCUT2D eigenvalue weighted by atomic mass is 10.0. The SMILES string of the molecule is O=C(NCC(=O)N(Cc1ccccc1)C(C(=O)NC1CCCC1)c1ccccc1)c1cccs1. The van der Waals surface area contributed by atoms with Crippen molar-refractivity contribution >= 4 is 29.1 Å². The van der Waals surface area contributed by atoms with Crippen molar-refractivity contribution in [2.24, 2.45) is 0 Å². The van der Waals surface area contributed by atoms with Crippen LogP contribution in [0.5, 0.6) is 0 Å². The maximum atomic E-state index is 13.6. The third kappa shape index (κ3) is 6.11. The van der Waals surface area contributed by atoms with Gasteiger partial charge in [0.15, 0.2) is 0 Å². The summed E-state index contributed by atoms with van der Waals surface area (Å²) in [6.45, 7) is 0.0653. The van der Waals surface area contributed by atoms with Gasteiger partial charge in [-0.2, -0.15) is 0 Å². The van der Waals surface area contributed by atoms with Gasteiger partial charge in [0.25, 0.3) is 5.91 Å². The molecular formula is C27H29N3O3S. The van der Waals surface area contributed by atoms with Gasteiger partial charge in [-0.1, -0.05) is 79.6 Å². The fourth-order valence-corrected chi connectivity index (χ4v) is 4.95. The standard InChI is InChI=1S/C27H29N3O3S/c31-24(18-28-26(32)23-16-9-17-34-23)30(19-20-10-3-1-4-11-20)25(21-12-5-2-6-13-21)27(33)29-22-14-7-8-15-22/h1-6,9-13,16-17,22,25H,7-8,14-15,18-19H2,(H,28,32)(H,29,33). The van der Waals surface area contributed by atoms with Crippen LogP contribution < -0.4 is 10.6 Å². The van der Waals surface area contributed by atoms with E-state index in [1.54, 1.807) is 17.0 Å². The minimum absolute atomic E-state index is 0.130. The molecule has 1 saturated carbocycles. The van der Waals surface area contributed by atoms with Crippen molar-refractivity contribution < 1.29 is 14.4 Å². The van der Waals surface area contributed by atoms with Crippen LogP contribution in [0.15, 0.2) is 78.2 Å². The zero-order valence-electron chi connectivity index (χ0n) is 19.0. The molecule has 6 nitrogen and oxygen atoms in total. The number of carbonyl (C=O) groups excluding carboxylic acids is 3. The summed E-state index contributed by atoms with van der Waals surface area (Å²) in [6, 6.07) is 21.8. The molecule has 0 aliphatic heterocycles. The molecule has 34 heavy (non-hydrogen) atoms. The van der Waals surface area contributed by atoms with E-state index in [1.165, 1.54) is 11.3 Å². The highest BCUT2D eigenvalue weighted by Gasteiger charge is 2.33. The number of benzene rings is 2. The third-order valence-electron chi connectivity index (χ3n) is 6.04. The first-order chi connectivity index (χ1) is 16.6. The van der Waals surface area contributed by atoms with E-state index in [9.17, 15) is 14.4 Å². The molecule has 1 atom stereocenters. The first-order valence-electron chi connectivity index (χ1n) is 11.6. The van der Waals surface area contributed by atoms with E-state index in [1.807, 2.05) is 66.0 Å². The van der Waals surface area contributed by atoms with E-state index in [0.29, 0.717) is 4.88 Å². The van der Waals surface area contributed by atoms with Crippen molar-refractivity contribution in [2.75, 3.05) is 6.54 Å². The molecule has 3 amide bonds. The Morgan fingerprint density at radius 2 is 1.59 bits per heavy atom. The number of thiophene rings is 1. The summed E-state index contributed by atoms with van der Waals surface area (Å²) < 4.78 is 0. The number of carbonyl (C=O) groups is 3. The van der Waals surface area contributed by atoms with Gasteiger partial charge in [0.1, 0.15) is 6.04 Å². The molecule has 7 heteroatoms. The smallest absolute Gasteiger partial charge is 0.261 e. The minimum Gasteiger partial charge on any atom is -0.351 e. The van der Waals surface area contributed by atoms with Gasteiger partial charge in [0.2, 0.25) is 11.8 Å². The van der Waals surface area contributed by atoms with E-state index >= 15 is 0 Å². The topological polar surface area (TPSA) is 78.5 Å². The predicted octanol–water partition coefficient (Wildman–Crippen LogP) is 4.31. The van der Waals surface area contributed by atoms with Crippen molar-refractivity contribution in [3.8, 4) is 0 Å². The van der Waals surface area contributed by atoms with Crippen molar-refractivity contribution in [3.63, 3.8) is 0 Å². The zero-order valence-corrected chi connectivity index (χ0v) is 19.8. The summed E-state index contributed by atoms with van der Waals surface area (Å²) >= 11 is 1.32. The molecule has 1 aromatic heterocycles. The van der Waals surface area contributed by atoms with Gasteiger partial charge in [0, 0.05) is 12.6 Å². The highest BCUT2D eigenvalue weighted by Crippen LogP contribution is 2.26. The Bertz CT molecular complexity index is 1080. The zero-order chi connectivity index (χ0) is 23.8. The Kier molecular flexibility index (Phi) is 8.09. The number of amides is 3. The van der Waals surface area contributed by atoms with Gasteiger partial charge in [-0.05, 0) is 35.4 Å². The maximum Gasteiger partial charge on any atom is 0.261 e. The molecule has 1 fully saturated rings. The summed E-state index contributed by atoms with van der Waals surface area (Å²) in [6.07, 6.45) is 4.11. The van der Waals surface area contributed by atoms with Crippen LogP contribution in [-0.2, 0) is 16.1 Å². The number of nitrogens with zero attached hydrogens (tertiary/aromatic N) is 1. The molecule has 1 heterocycles. The minimum atomic E-state index is -0.798. The third-order valence-corrected chi connectivity index (χ3v) is 6.91. The van der Waals surface area contributed by atoms with E-state index in [4.69, 9.17) is 0 Å². The molecule has 0 radical (unpaired) electrons. The van der Waals surface area contributed by atoms with Crippen LogP contribution in [0.2, 0.25) is 0 Å². The van der Waals surface area contributed by atoms with Crippen LogP contribution in [0.25, 0.3) is 0 Å². The predicted molar refractivity (Wildman–Crippen MR) is 133 cm³/mol. The molecule has 3 aromatic rings. The van der Waals surface area contributed by atoms with Crippen LogP contribution >= 0.6 is 11.3 Å². The lowest BCUT2D eigenvalue weighted by Crippen LogP contribution is -2.48. The molecule has 1 unspecified atom stereocenters. The Morgan fingerprint density at radius 3 is 2.24 bits per heavy atom. The van der Waals surface area contributed by atoms with Crippen LogP contribution in [0.3, 0.4) is 0 Å². The van der Waals surface area contributed by atoms with Crippen molar-refractivity contribution in [2.45, 2.75) is 44.3 Å². The Labute approximate surface area is 204 Å². The second-order valence-electron chi connectivity index (χ2n) is 8.47. The second kappa shape index (κ2) is 11.6.